The lowest BCUT2D eigenvalue weighted by Gasteiger charge is -2.39. The number of ether oxygens (including phenoxy) is 2. The van der Waals surface area contributed by atoms with Crippen LogP contribution < -0.4 is 5.32 Å². The van der Waals surface area contributed by atoms with E-state index in [1.807, 2.05) is 0 Å². The summed E-state index contributed by atoms with van der Waals surface area (Å²) in [5.74, 6) is -42.0. The molecule has 258 valence electrons. The Hall–Kier alpha value is -4.07. The van der Waals surface area contributed by atoms with Gasteiger partial charge in [-0.05, 0) is 20.3 Å². The van der Waals surface area contributed by atoms with E-state index in [-0.39, 0.29) is 22.5 Å². The number of para-hydroxylation sites is 1. The minimum Gasteiger partial charge on any atom is -0.466 e. The molecule has 1 atom stereocenters. The van der Waals surface area contributed by atoms with Crippen molar-refractivity contribution in [3.05, 3.63) is 62.5 Å². The Kier molecular flexibility index (Phi) is 10.5. The SMILES string of the molecule is COC(=O)C1=C(C)NC(C)=C(C(=O)OCCCC(F)(F)C(F)(F)C(F)(F)C(F)(F)C(F)(F)C(F)(F)F)C1c1ccccc1[N+](=O)[O-]. The van der Waals surface area contributed by atoms with Crippen molar-refractivity contribution in [2.75, 3.05) is 13.7 Å². The predicted molar refractivity (Wildman–Crippen MR) is 127 cm³/mol. The van der Waals surface area contributed by atoms with Gasteiger partial charge in [0.25, 0.3) is 5.69 Å². The Labute approximate surface area is 249 Å². The highest BCUT2D eigenvalue weighted by Crippen LogP contribution is 2.60. The summed E-state index contributed by atoms with van der Waals surface area (Å²) in [5, 5.41) is 14.3. The first-order chi connectivity index (χ1) is 20.7. The van der Waals surface area contributed by atoms with Crippen LogP contribution in [0.15, 0.2) is 46.8 Å². The van der Waals surface area contributed by atoms with Crippen LogP contribution in [0.4, 0.5) is 62.8 Å². The van der Waals surface area contributed by atoms with E-state index in [0.717, 1.165) is 19.2 Å². The monoisotopic (exact) mass is 692 g/mol. The fourth-order valence-corrected chi connectivity index (χ4v) is 4.35. The van der Waals surface area contributed by atoms with Crippen molar-refractivity contribution in [1.82, 2.24) is 5.32 Å². The number of halogens is 13. The molecule has 1 aromatic carbocycles. The van der Waals surface area contributed by atoms with E-state index in [9.17, 15) is 76.8 Å². The number of nitrogens with one attached hydrogen (secondary N) is 1. The van der Waals surface area contributed by atoms with Crippen molar-refractivity contribution in [3.8, 4) is 0 Å². The van der Waals surface area contributed by atoms with Crippen LogP contribution in [0.1, 0.15) is 38.2 Å². The number of nitro benzene ring substituents is 1. The van der Waals surface area contributed by atoms with Gasteiger partial charge in [0.15, 0.2) is 0 Å². The highest BCUT2D eigenvalue weighted by Gasteiger charge is 2.90. The van der Waals surface area contributed by atoms with E-state index in [2.05, 4.69) is 10.1 Å². The van der Waals surface area contributed by atoms with Gasteiger partial charge in [0.2, 0.25) is 0 Å². The van der Waals surface area contributed by atoms with Gasteiger partial charge in [-0.1, -0.05) is 18.2 Å². The number of carbonyl (C=O) groups is 2. The van der Waals surface area contributed by atoms with E-state index in [1.54, 1.807) is 0 Å². The maximum Gasteiger partial charge on any atom is 0.460 e. The Bertz CT molecular complexity index is 1440. The molecule has 0 amide bonds. The minimum absolute atomic E-state index is 0.0276. The molecule has 0 spiro atoms. The van der Waals surface area contributed by atoms with E-state index in [4.69, 9.17) is 4.74 Å². The summed E-state index contributed by atoms with van der Waals surface area (Å²) in [4.78, 5) is 36.4. The summed E-state index contributed by atoms with van der Waals surface area (Å²) in [5.41, 5.74) is -1.98. The van der Waals surface area contributed by atoms with Gasteiger partial charge in [-0.3, -0.25) is 10.1 Å². The first-order valence-electron chi connectivity index (χ1n) is 12.4. The largest absolute Gasteiger partial charge is 0.466 e. The van der Waals surface area contributed by atoms with Crippen molar-refractivity contribution >= 4 is 17.6 Å². The second-order valence-electron chi connectivity index (χ2n) is 9.68. The van der Waals surface area contributed by atoms with E-state index < -0.39 is 89.3 Å². The van der Waals surface area contributed by atoms with Crippen molar-refractivity contribution in [2.24, 2.45) is 0 Å². The van der Waals surface area contributed by atoms with Crippen molar-refractivity contribution in [3.63, 3.8) is 0 Å². The number of rotatable bonds is 12. The zero-order valence-corrected chi connectivity index (χ0v) is 23.3. The number of nitro groups is 1. The number of hydrogen-bond donors (Lipinski definition) is 1. The second-order valence-corrected chi connectivity index (χ2v) is 9.68. The lowest BCUT2D eigenvalue weighted by Crippen LogP contribution is -2.70. The number of hydrogen-bond acceptors (Lipinski definition) is 7. The molecule has 1 heterocycles. The normalized spacial score (nSPS) is 17.1. The molecule has 0 fully saturated rings. The molecule has 0 saturated carbocycles. The molecule has 0 saturated heterocycles. The molecule has 1 aromatic rings. The summed E-state index contributed by atoms with van der Waals surface area (Å²) in [7, 11) is 0.919. The van der Waals surface area contributed by atoms with E-state index in [0.29, 0.717) is 0 Å². The number of nitrogens with zero attached hydrogens (tertiary/aromatic N) is 1. The Morgan fingerprint density at radius 1 is 0.804 bits per heavy atom. The maximum atomic E-state index is 14.1. The van der Waals surface area contributed by atoms with Crippen LogP contribution in [0.3, 0.4) is 0 Å². The third kappa shape index (κ3) is 6.31. The Morgan fingerprint density at radius 3 is 1.76 bits per heavy atom. The first-order valence-corrected chi connectivity index (χ1v) is 12.4. The molecule has 0 radical (unpaired) electrons. The molecule has 46 heavy (non-hydrogen) atoms. The lowest BCUT2D eigenvalue weighted by atomic mass is 9.79. The molecule has 8 nitrogen and oxygen atoms in total. The molecule has 1 unspecified atom stereocenters. The van der Waals surface area contributed by atoms with Gasteiger partial charge in [0, 0.05) is 29.4 Å². The van der Waals surface area contributed by atoms with Crippen LogP contribution in [-0.4, -0.2) is 66.4 Å². The minimum atomic E-state index is -8.05. The van der Waals surface area contributed by atoms with Gasteiger partial charge >= 0.3 is 47.7 Å². The molecule has 0 aromatic heterocycles. The number of carbonyl (C=O) groups excluding carboxylic acids is 2. The number of dihydropyridines is 1. The second kappa shape index (κ2) is 12.6. The van der Waals surface area contributed by atoms with Crippen LogP contribution >= 0.6 is 0 Å². The zero-order valence-electron chi connectivity index (χ0n) is 23.3. The Morgan fingerprint density at radius 2 is 1.28 bits per heavy atom. The molecular formula is C25H21F13N2O6. The number of esters is 2. The van der Waals surface area contributed by atoms with E-state index >= 15 is 0 Å². The number of alkyl halides is 13. The van der Waals surface area contributed by atoms with Crippen molar-refractivity contribution in [1.29, 1.82) is 0 Å². The van der Waals surface area contributed by atoms with Crippen molar-refractivity contribution < 1.29 is 81.1 Å². The van der Waals surface area contributed by atoms with Crippen LogP contribution in [0.2, 0.25) is 0 Å². The van der Waals surface area contributed by atoms with Gasteiger partial charge in [0.05, 0.1) is 35.7 Å². The molecule has 1 aliphatic heterocycles. The predicted octanol–water partition coefficient (Wildman–Crippen LogP) is 7.06. The van der Waals surface area contributed by atoms with Crippen LogP contribution in [0, 0.1) is 10.1 Å². The number of benzene rings is 1. The summed E-state index contributed by atoms with van der Waals surface area (Å²) in [6.07, 6.45) is -11.7. The average molecular weight is 692 g/mol. The van der Waals surface area contributed by atoms with E-state index in [1.165, 1.54) is 26.0 Å². The Balaban J connectivity index is 2.36. The fourth-order valence-electron chi connectivity index (χ4n) is 4.35. The van der Waals surface area contributed by atoms with Crippen LogP contribution in [0.5, 0.6) is 0 Å². The third-order valence-electron chi connectivity index (χ3n) is 6.70. The number of methoxy groups -OCH3 is 1. The van der Waals surface area contributed by atoms with Gasteiger partial charge in [0.1, 0.15) is 0 Å². The molecular weight excluding hydrogens is 671 g/mol. The highest BCUT2D eigenvalue weighted by molar-refractivity contribution is 6.00. The average Bonchev–Trinajstić information content (AvgIpc) is 2.93. The van der Waals surface area contributed by atoms with Gasteiger partial charge in [-0.25, -0.2) is 9.59 Å². The summed E-state index contributed by atoms with van der Waals surface area (Å²) in [6.45, 7) is 1.11. The molecule has 21 heteroatoms. The summed E-state index contributed by atoms with van der Waals surface area (Å²) >= 11 is 0. The van der Waals surface area contributed by atoms with Crippen LogP contribution in [0.25, 0.3) is 0 Å². The topological polar surface area (TPSA) is 108 Å². The maximum absolute atomic E-state index is 14.1. The smallest absolute Gasteiger partial charge is 0.460 e. The molecule has 1 N–H and O–H groups in total. The quantitative estimate of drug-likeness (QED) is 0.0822. The van der Waals surface area contributed by atoms with Gasteiger partial charge in [-0.2, -0.15) is 57.1 Å². The zero-order chi connectivity index (χ0) is 35.8. The fraction of sp³-hybridized carbons (Fsp3) is 0.520. The van der Waals surface area contributed by atoms with Gasteiger partial charge in [-0.15, -0.1) is 0 Å². The lowest BCUT2D eigenvalue weighted by molar-refractivity contribution is -0.440. The van der Waals surface area contributed by atoms with Crippen LogP contribution in [-0.2, 0) is 19.1 Å². The molecule has 2 rings (SSSR count). The van der Waals surface area contributed by atoms with Gasteiger partial charge < -0.3 is 14.8 Å². The number of allylic oxidation sites excluding steroid dienone is 2. The third-order valence-corrected chi connectivity index (χ3v) is 6.70. The summed E-state index contributed by atoms with van der Waals surface area (Å²) in [6, 6.07) is 4.63. The summed E-state index contributed by atoms with van der Waals surface area (Å²) < 4.78 is 183. The first kappa shape index (κ1) is 38.1. The molecule has 0 aliphatic carbocycles. The standard InChI is InChI=1S/C25H21F13N2O6/c1-11-15(18(41)45-3)17(13-7-4-5-8-14(13)40(43)44)16(12(2)39-11)19(42)46-10-6-9-20(26,27)21(28,29)22(30,31)23(32,33)24(34,35)25(36,37)38/h4-5,7-8,17,39H,6,9-10H2,1-3H3. The highest BCUT2D eigenvalue weighted by atomic mass is 19.4. The molecule has 1 aliphatic rings. The molecule has 0 bridgehead atoms. The van der Waals surface area contributed by atoms with Crippen molar-refractivity contribution in [2.45, 2.75) is 68.4 Å².